The maximum Gasteiger partial charge on any atom is 0.392 e. The first-order chi connectivity index (χ1) is 18.4. The summed E-state index contributed by atoms with van der Waals surface area (Å²) in [6.07, 6.45) is -1.35. The van der Waals surface area contributed by atoms with Crippen molar-refractivity contribution in [2.45, 2.75) is 31.1 Å². The summed E-state index contributed by atoms with van der Waals surface area (Å²) in [4.78, 5) is 5.70. The van der Waals surface area contributed by atoms with Gasteiger partial charge in [0.2, 0.25) is 0 Å². The number of alkyl halides is 3. The standard InChI is InChI=1S/C27H27F4N5O2S/c1-18-13-24-20(15-33-36(24)22-8-6-21(28)7-9-22)14-23(18)25-17-35(39(37,38)26-5-3-4-10-32-26)12-11-34(25)16-19(2)27(29,30)31/h3-10,13-15,19,25H,11-12,16-17H2,1-2H3/t19?,25-/m1/s1. The highest BCUT2D eigenvalue weighted by molar-refractivity contribution is 7.89. The maximum atomic E-state index is 13.5. The van der Waals surface area contributed by atoms with Gasteiger partial charge in [0, 0.05) is 43.8 Å². The lowest BCUT2D eigenvalue weighted by atomic mass is 9.95. The second kappa shape index (κ2) is 10.3. The molecule has 2 aromatic carbocycles. The van der Waals surface area contributed by atoms with Crippen LogP contribution in [0.3, 0.4) is 0 Å². The number of aryl methyl sites for hydroxylation is 1. The van der Waals surface area contributed by atoms with Gasteiger partial charge in [0.05, 0.1) is 23.3 Å². The fourth-order valence-electron chi connectivity index (χ4n) is 4.96. The zero-order valence-corrected chi connectivity index (χ0v) is 22.1. The number of sulfonamides is 1. The third kappa shape index (κ3) is 5.41. The molecule has 1 aliphatic rings. The largest absolute Gasteiger partial charge is 0.392 e. The van der Waals surface area contributed by atoms with Crippen LogP contribution in [0.25, 0.3) is 16.6 Å². The quantitative estimate of drug-likeness (QED) is 0.306. The predicted molar refractivity (Wildman–Crippen MR) is 138 cm³/mol. The summed E-state index contributed by atoms with van der Waals surface area (Å²) in [7, 11) is -3.95. The minimum absolute atomic E-state index is 0.0259. The van der Waals surface area contributed by atoms with Gasteiger partial charge in [0.25, 0.3) is 10.0 Å². The molecule has 0 spiro atoms. The monoisotopic (exact) mass is 561 g/mol. The van der Waals surface area contributed by atoms with Gasteiger partial charge in [0.15, 0.2) is 5.03 Å². The number of halogens is 4. The van der Waals surface area contributed by atoms with Crippen LogP contribution in [0.15, 0.2) is 72.0 Å². The van der Waals surface area contributed by atoms with Crippen molar-refractivity contribution in [1.29, 1.82) is 0 Å². The lowest BCUT2D eigenvalue weighted by molar-refractivity contribution is -0.176. The van der Waals surface area contributed by atoms with Crippen molar-refractivity contribution in [3.05, 3.63) is 83.9 Å². The highest BCUT2D eigenvalue weighted by atomic mass is 32.2. The minimum atomic E-state index is -4.38. The number of piperazine rings is 1. The Kier molecular flexibility index (Phi) is 7.21. The van der Waals surface area contributed by atoms with Crippen LogP contribution >= 0.6 is 0 Å². The molecule has 0 radical (unpaired) electrons. The number of fused-ring (bicyclic) bond motifs is 1. The molecule has 2 atom stereocenters. The van der Waals surface area contributed by atoms with E-state index in [1.54, 1.807) is 40.0 Å². The van der Waals surface area contributed by atoms with Gasteiger partial charge in [-0.15, -0.1) is 0 Å². The lowest BCUT2D eigenvalue weighted by Gasteiger charge is -2.42. The summed E-state index contributed by atoms with van der Waals surface area (Å²) < 4.78 is 83.7. The van der Waals surface area contributed by atoms with E-state index >= 15 is 0 Å². The van der Waals surface area contributed by atoms with Crippen LogP contribution in [0.2, 0.25) is 0 Å². The zero-order chi connectivity index (χ0) is 27.9. The molecule has 12 heteroatoms. The topological polar surface area (TPSA) is 71.3 Å². The van der Waals surface area contributed by atoms with Crippen LogP contribution in [-0.4, -0.2) is 64.7 Å². The Bertz CT molecular complexity index is 1570. The van der Waals surface area contributed by atoms with Crippen molar-refractivity contribution < 1.29 is 26.0 Å². The van der Waals surface area contributed by atoms with Crippen molar-refractivity contribution in [3.63, 3.8) is 0 Å². The van der Waals surface area contributed by atoms with Gasteiger partial charge in [-0.1, -0.05) is 13.0 Å². The maximum absolute atomic E-state index is 13.5. The Hall–Kier alpha value is -3.35. The molecule has 0 N–H and O–H groups in total. The van der Waals surface area contributed by atoms with Crippen molar-refractivity contribution in [1.82, 2.24) is 24.0 Å². The average molecular weight is 562 g/mol. The van der Waals surface area contributed by atoms with Gasteiger partial charge >= 0.3 is 6.18 Å². The van der Waals surface area contributed by atoms with Gasteiger partial charge < -0.3 is 0 Å². The fraction of sp³-hybridized carbons (Fsp3) is 0.333. The molecule has 1 unspecified atom stereocenters. The fourth-order valence-corrected chi connectivity index (χ4v) is 6.33. The Balaban J connectivity index is 1.54. The second-order valence-electron chi connectivity index (χ2n) is 9.78. The molecular formula is C27H27F4N5O2S. The third-order valence-corrected chi connectivity index (χ3v) is 8.93. The van der Waals surface area contributed by atoms with Gasteiger partial charge in [-0.2, -0.15) is 22.6 Å². The first-order valence-electron chi connectivity index (χ1n) is 12.4. The molecule has 7 nitrogen and oxygen atoms in total. The molecule has 0 amide bonds. The Morgan fingerprint density at radius 1 is 1.08 bits per heavy atom. The number of hydrogen-bond donors (Lipinski definition) is 0. The Morgan fingerprint density at radius 3 is 2.49 bits per heavy atom. The van der Waals surface area contributed by atoms with Crippen molar-refractivity contribution in [2.75, 3.05) is 26.2 Å². The molecule has 1 aliphatic heterocycles. The summed E-state index contributed by atoms with van der Waals surface area (Å²) in [5.74, 6) is -1.96. The Morgan fingerprint density at radius 2 is 1.82 bits per heavy atom. The van der Waals surface area contributed by atoms with E-state index in [0.717, 1.165) is 29.0 Å². The molecule has 206 valence electrons. The first kappa shape index (κ1) is 27.2. The number of hydrogen-bond acceptors (Lipinski definition) is 5. The van der Waals surface area contributed by atoms with E-state index in [4.69, 9.17) is 0 Å². The molecule has 4 aromatic rings. The molecular weight excluding hydrogens is 534 g/mol. The van der Waals surface area contributed by atoms with Crippen molar-refractivity contribution >= 4 is 20.9 Å². The van der Waals surface area contributed by atoms with E-state index < -0.39 is 28.2 Å². The zero-order valence-electron chi connectivity index (χ0n) is 21.3. The molecule has 5 rings (SSSR count). The summed E-state index contributed by atoms with van der Waals surface area (Å²) in [6, 6.07) is 13.6. The molecule has 39 heavy (non-hydrogen) atoms. The van der Waals surface area contributed by atoms with E-state index in [2.05, 4.69) is 10.1 Å². The third-order valence-electron chi connectivity index (χ3n) is 7.15. The molecule has 2 aromatic heterocycles. The summed E-state index contributed by atoms with van der Waals surface area (Å²) in [5, 5.41) is 5.06. The molecule has 0 saturated carbocycles. The van der Waals surface area contributed by atoms with Crippen molar-refractivity contribution in [2.24, 2.45) is 5.92 Å². The second-order valence-corrected chi connectivity index (χ2v) is 11.7. The van der Waals surface area contributed by atoms with E-state index in [0.29, 0.717) is 5.69 Å². The smallest absolute Gasteiger partial charge is 0.293 e. The van der Waals surface area contributed by atoms with Gasteiger partial charge in [0.1, 0.15) is 5.82 Å². The van der Waals surface area contributed by atoms with Crippen LogP contribution in [0.1, 0.15) is 24.1 Å². The van der Waals surface area contributed by atoms with Gasteiger partial charge in [-0.3, -0.25) is 4.90 Å². The summed E-state index contributed by atoms with van der Waals surface area (Å²) in [6.45, 7) is 2.86. The van der Waals surface area contributed by atoms with E-state index in [-0.39, 0.29) is 37.0 Å². The highest BCUT2D eigenvalue weighted by Gasteiger charge is 2.41. The number of aromatic nitrogens is 3. The highest BCUT2D eigenvalue weighted by Crippen LogP contribution is 2.36. The van der Waals surface area contributed by atoms with Gasteiger partial charge in [-0.05, 0) is 66.6 Å². The van der Waals surface area contributed by atoms with Crippen LogP contribution in [-0.2, 0) is 10.0 Å². The molecule has 1 fully saturated rings. The van der Waals surface area contributed by atoms with Crippen LogP contribution in [0.4, 0.5) is 17.6 Å². The molecule has 0 bridgehead atoms. The first-order valence-corrected chi connectivity index (χ1v) is 13.9. The summed E-state index contributed by atoms with van der Waals surface area (Å²) in [5.41, 5.74) is 2.89. The number of nitrogens with zero attached hydrogens (tertiary/aromatic N) is 5. The molecule has 3 heterocycles. The number of pyridine rings is 1. The van der Waals surface area contributed by atoms with Gasteiger partial charge in [-0.25, -0.2) is 22.5 Å². The number of rotatable bonds is 6. The number of benzene rings is 2. The minimum Gasteiger partial charge on any atom is -0.293 e. The lowest BCUT2D eigenvalue weighted by Crippen LogP contribution is -2.52. The SMILES string of the molecule is Cc1cc2c(cnn2-c2ccc(F)cc2)cc1[C@H]1CN(S(=O)(=O)c2ccccn2)CCN1CC(C)C(F)(F)F. The van der Waals surface area contributed by atoms with Crippen LogP contribution in [0, 0.1) is 18.7 Å². The predicted octanol–water partition coefficient (Wildman–Crippen LogP) is 5.11. The normalized spacial score (nSPS) is 18.5. The Labute approximate surface area is 223 Å². The van der Waals surface area contributed by atoms with Crippen LogP contribution < -0.4 is 0 Å². The average Bonchev–Trinajstić information content (AvgIpc) is 3.31. The summed E-state index contributed by atoms with van der Waals surface area (Å²) >= 11 is 0. The van der Waals surface area contributed by atoms with E-state index in [9.17, 15) is 26.0 Å². The van der Waals surface area contributed by atoms with E-state index in [1.807, 2.05) is 19.1 Å². The molecule has 0 aliphatic carbocycles. The van der Waals surface area contributed by atoms with Crippen LogP contribution in [0.5, 0.6) is 0 Å². The molecule has 1 saturated heterocycles. The van der Waals surface area contributed by atoms with E-state index in [1.165, 1.54) is 28.7 Å². The van der Waals surface area contributed by atoms with Crippen molar-refractivity contribution in [3.8, 4) is 5.69 Å².